The number of nitro groups is 1. The Bertz CT molecular complexity index is 1080. The number of carbonyl (C=O) groups is 2. The number of amides is 2. The highest BCUT2D eigenvalue weighted by atomic mass is 32.2. The molecule has 1 fully saturated rings. The van der Waals surface area contributed by atoms with Gasteiger partial charge in [-0.25, -0.2) is 0 Å². The van der Waals surface area contributed by atoms with Crippen molar-refractivity contribution in [3.8, 4) is 11.5 Å². The Labute approximate surface area is 187 Å². The molecule has 0 saturated carbocycles. The predicted molar refractivity (Wildman–Crippen MR) is 121 cm³/mol. The summed E-state index contributed by atoms with van der Waals surface area (Å²) < 4.78 is 10.7. The van der Waals surface area contributed by atoms with Crippen LogP contribution in [0.1, 0.15) is 5.56 Å². The lowest BCUT2D eigenvalue weighted by molar-refractivity contribution is -0.384. The van der Waals surface area contributed by atoms with Crippen molar-refractivity contribution in [1.82, 2.24) is 4.90 Å². The molecule has 0 aromatic heterocycles. The molecular weight excluding hydrogens is 442 g/mol. The zero-order valence-electron chi connectivity index (χ0n) is 16.5. The van der Waals surface area contributed by atoms with E-state index in [1.807, 2.05) is 0 Å². The highest BCUT2D eigenvalue weighted by Gasteiger charge is 2.33. The van der Waals surface area contributed by atoms with Crippen molar-refractivity contribution >= 4 is 57.6 Å². The van der Waals surface area contributed by atoms with Gasteiger partial charge < -0.3 is 14.8 Å². The SMILES string of the molecule is COc1ccc(/C=C2\SC(=S)N(CC(=O)Nc3ccc([N+](=O)[O-])cc3)C2=O)cc1OC. The second-order valence-electron chi connectivity index (χ2n) is 6.23. The van der Waals surface area contributed by atoms with E-state index in [1.165, 1.54) is 43.4 Å². The Morgan fingerprint density at radius 2 is 1.87 bits per heavy atom. The number of methoxy groups -OCH3 is 2. The van der Waals surface area contributed by atoms with Crippen LogP contribution in [0.3, 0.4) is 0 Å². The highest BCUT2D eigenvalue weighted by molar-refractivity contribution is 8.26. The number of nitrogens with one attached hydrogen (secondary N) is 1. The van der Waals surface area contributed by atoms with Crippen molar-refractivity contribution < 1.29 is 24.0 Å². The van der Waals surface area contributed by atoms with Crippen LogP contribution in [-0.4, -0.2) is 46.7 Å². The Kier molecular flexibility index (Phi) is 6.88. The Hall–Kier alpha value is -3.44. The van der Waals surface area contributed by atoms with Gasteiger partial charge in [-0.3, -0.25) is 24.6 Å². The number of benzene rings is 2. The fourth-order valence-electron chi connectivity index (χ4n) is 2.74. The van der Waals surface area contributed by atoms with Crippen LogP contribution in [-0.2, 0) is 9.59 Å². The van der Waals surface area contributed by atoms with Crippen LogP contribution in [0, 0.1) is 10.1 Å². The number of carbonyl (C=O) groups excluding carboxylic acids is 2. The zero-order valence-corrected chi connectivity index (χ0v) is 18.1. The van der Waals surface area contributed by atoms with Crippen LogP contribution in [0.2, 0.25) is 0 Å². The van der Waals surface area contributed by atoms with Crippen molar-refractivity contribution in [2.24, 2.45) is 0 Å². The van der Waals surface area contributed by atoms with Gasteiger partial charge in [-0.05, 0) is 35.9 Å². The lowest BCUT2D eigenvalue weighted by atomic mass is 10.2. The van der Waals surface area contributed by atoms with E-state index in [-0.39, 0.29) is 22.5 Å². The van der Waals surface area contributed by atoms with Gasteiger partial charge >= 0.3 is 0 Å². The Balaban J connectivity index is 1.69. The average Bonchev–Trinajstić information content (AvgIpc) is 3.01. The monoisotopic (exact) mass is 459 g/mol. The summed E-state index contributed by atoms with van der Waals surface area (Å²) in [4.78, 5) is 36.8. The number of hydrogen-bond acceptors (Lipinski definition) is 8. The molecule has 0 bridgehead atoms. The third-order valence-electron chi connectivity index (χ3n) is 4.24. The van der Waals surface area contributed by atoms with E-state index in [0.29, 0.717) is 27.7 Å². The first-order valence-electron chi connectivity index (χ1n) is 8.84. The molecule has 0 atom stereocenters. The minimum Gasteiger partial charge on any atom is -0.493 e. The van der Waals surface area contributed by atoms with Crippen molar-refractivity contribution in [1.29, 1.82) is 0 Å². The Morgan fingerprint density at radius 1 is 1.19 bits per heavy atom. The minimum absolute atomic E-state index is 0.0877. The van der Waals surface area contributed by atoms with Gasteiger partial charge in [0.2, 0.25) is 5.91 Å². The van der Waals surface area contributed by atoms with E-state index in [1.54, 1.807) is 24.3 Å². The van der Waals surface area contributed by atoms with Gasteiger partial charge in [-0.2, -0.15) is 0 Å². The van der Waals surface area contributed by atoms with Crippen LogP contribution < -0.4 is 14.8 Å². The van der Waals surface area contributed by atoms with E-state index in [0.717, 1.165) is 11.8 Å². The van der Waals surface area contributed by atoms with Crippen LogP contribution in [0.5, 0.6) is 11.5 Å². The van der Waals surface area contributed by atoms with E-state index in [9.17, 15) is 19.7 Å². The number of ether oxygens (including phenoxy) is 2. The summed E-state index contributed by atoms with van der Waals surface area (Å²) in [6.45, 7) is -0.273. The third kappa shape index (κ3) is 5.19. The second-order valence-corrected chi connectivity index (χ2v) is 7.91. The second kappa shape index (κ2) is 9.58. The molecule has 11 heteroatoms. The molecule has 0 radical (unpaired) electrons. The van der Waals surface area contributed by atoms with Gasteiger partial charge in [0.05, 0.1) is 24.0 Å². The third-order valence-corrected chi connectivity index (χ3v) is 5.62. The van der Waals surface area contributed by atoms with E-state index in [2.05, 4.69) is 5.32 Å². The molecule has 2 aromatic carbocycles. The average molecular weight is 460 g/mol. The smallest absolute Gasteiger partial charge is 0.269 e. The largest absolute Gasteiger partial charge is 0.493 e. The lowest BCUT2D eigenvalue weighted by Gasteiger charge is -2.14. The molecule has 1 heterocycles. The maximum Gasteiger partial charge on any atom is 0.269 e. The molecule has 1 aliphatic heterocycles. The number of nitrogens with zero attached hydrogens (tertiary/aromatic N) is 2. The molecule has 2 aromatic rings. The molecule has 3 rings (SSSR count). The highest BCUT2D eigenvalue weighted by Crippen LogP contribution is 2.34. The van der Waals surface area contributed by atoms with Crippen molar-refractivity contribution in [2.75, 3.05) is 26.1 Å². The summed E-state index contributed by atoms with van der Waals surface area (Å²) >= 11 is 6.35. The summed E-state index contributed by atoms with van der Waals surface area (Å²) in [5.41, 5.74) is 1.01. The van der Waals surface area contributed by atoms with Crippen LogP contribution in [0.15, 0.2) is 47.4 Å². The van der Waals surface area contributed by atoms with Crippen LogP contribution >= 0.6 is 24.0 Å². The molecule has 0 aliphatic carbocycles. The van der Waals surface area contributed by atoms with Gasteiger partial charge in [0.1, 0.15) is 10.9 Å². The molecule has 0 unspecified atom stereocenters. The van der Waals surface area contributed by atoms with Gasteiger partial charge in [0.15, 0.2) is 11.5 Å². The number of rotatable bonds is 7. The van der Waals surface area contributed by atoms with E-state index < -0.39 is 10.8 Å². The van der Waals surface area contributed by atoms with E-state index in [4.69, 9.17) is 21.7 Å². The number of nitro benzene ring substituents is 1. The first kappa shape index (κ1) is 22.2. The molecule has 1 N–H and O–H groups in total. The zero-order chi connectivity index (χ0) is 22.5. The number of non-ortho nitro benzene ring substituents is 1. The maximum absolute atomic E-state index is 12.7. The van der Waals surface area contributed by atoms with Crippen molar-refractivity contribution in [3.05, 3.63) is 63.0 Å². The predicted octanol–water partition coefficient (Wildman–Crippen LogP) is 3.45. The molecule has 0 spiro atoms. The summed E-state index contributed by atoms with van der Waals surface area (Å²) in [6, 6.07) is 10.6. The van der Waals surface area contributed by atoms with E-state index >= 15 is 0 Å². The lowest BCUT2D eigenvalue weighted by Crippen LogP contribution is -2.36. The number of thioether (sulfide) groups is 1. The van der Waals surface area contributed by atoms with Crippen molar-refractivity contribution in [2.45, 2.75) is 0 Å². The van der Waals surface area contributed by atoms with Gasteiger partial charge in [-0.1, -0.05) is 30.0 Å². The quantitative estimate of drug-likeness (QED) is 0.290. The first-order chi connectivity index (χ1) is 14.8. The first-order valence-corrected chi connectivity index (χ1v) is 10.1. The summed E-state index contributed by atoms with van der Waals surface area (Å²) in [7, 11) is 3.05. The van der Waals surface area contributed by atoms with Gasteiger partial charge in [0.25, 0.3) is 11.6 Å². The topological polar surface area (TPSA) is 111 Å². The summed E-state index contributed by atoms with van der Waals surface area (Å²) in [6.07, 6.45) is 1.66. The molecule has 31 heavy (non-hydrogen) atoms. The fourth-order valence-corrected chi connectivity index (χ4v) is 4.00. The fraction of sp³-hybridized carbons (Fsp3) is 0.150. The number of anilines is 1. The standard InChI is InChI=1S/C20H17N3O6S2/c1-28-15-8-3-12(9-16(15)29-2)10-17-19(25)22(20(30)31-17)11-18(24)21-13-4-6-14(7-5-13)23(26)27/h3-10H,11H2,1-2H3,(H,21,24)/b17-10-. The number of hydrogen-bond donors (Lipinski definition) is 1. The minimum atomic E-state index is -0.531. The Morgan fingerprint density at radius 3 is 2.48 bits per heavy atom. The molecule has 160 valence electrons. The normalized spacial score (nSPS) is 14.6. The molecule has 1 aliphatic rings. The van der Waals surface area contributed by atoms with Crippen LogP contribution in [0.25, 0.3) is 6.08 Å². The van der Waals surface area contributed by atoms with Gasteiger partial charge in [0, 0.05) is 17.8 Å². The maximum atomic E-state index is 12.7. The molecular formula is C20H17N3O6S2. The van der Waals surface area contributed by atoms with Gasteiger partial charge in [-0.15, -0.1) is 0 Å². The summed E-state index contributed by atoms with van der Waals surface area (Å²) in [5, 5.41) is 13.3. The molecule has 9 nitrogen and oxygen atoms in total. The van der Waals surface area contributed by atoms with Crippen molar-refractivity contribution in [3.63, 3.8) is 0 Å². The van der Waals surface area contributed by atoms with Crippen LogP contribution in [0.4, 0.5) is 11.4 Å². The molecule has 2 amide bonds. The summed E-state index contributed by atoms with van der Waals surface area (Å²) in [5.74, 6) is 0.227. The number of thiocarbonyl (C=S) groups is 1. The molecule has 1 saturated heterocycles.